The monoisotopic (exact) mass is 705 g/mol. The summed E-state index contributed by atoms with van der Waals surface area (Å²) in [4.78, 5) is 0. The minimum atomic E-state index is -0.0596. The fourth-order valence-corrected chi connectivity index (χ4v) is 7.13. The van der Waals surface area contributed by atoms with Gasteiger partial charge in [0.25, 0.3) is 0 Å². The SMILES string of the molecule is CCCCC=CC(C=CCCCCC)(CCCCCCCC)C(C=CCCCCCC)=C(C=CCCCCCCC)C=CCCCCCCCC. The average Bonchev–Trinajstić information content (AvgIpc) is 3.14. The maximum absolute atomic E-state index is 2.67. The molecule has 0 aliphatic rings. The normalized spacial score (nSPS) is 14.3. The van der Waals surface area contributed by atoms with Crippen LogP contribution in [-0.4, -0.2) is 0 Å². The van der Waals surface area contributed by atoms with E-state index in [4.69, 9.17) is 0 Å². The highest BCUT2D eigenvalue weighted by molar-refractivity contribution is 5.49. The van der Waals surface area contributed by atoms with Crippen LogP contribution in [0, 0.1) is 5.41 Å². The minimum absolute atomic E-state index is 0.0596. The van der Waals surface area contributed by atoms with Crippen LogP contribution in [0.15, 0.2) is 71.9 Å². The van der Waals surface area contributed by atoms with E-state index in [-0.39, 0.29) is 5.41 Å². The number of allylic oxidation sites excluding steroid dienone is 12. The van der Waals surface area contributed by atoms with Crippen molar-refractivity contribution in [3.05, 3.63) is 71.9 Å². The lowest BCUT2D eigenvalue weighted by molar-refractivity contribution is 0.480. The van der Waals surface area contributed by atoms with Crippen molar-refractivity contribution in [2.45, 2.75) is 247 Å². The van der Waals surface area contributed by atoms with Crippen LogP contribution >= 0.6 is 0 Å². The molecule has 0 nitrogen and oxygen atoms in total. The minimum Gasteiger partial charge on any atom is -0.0873 e. The molecule has 0 aromatic heterocycles. The lowest BCUT2D eigenvalue weighted by atomic mass is 9.72. The second kappa shape index (κ2) is 39.6. The Hall–Kier alpha value is -1.56. The predicted molar refractivity (Wildman–Crippen MR) is 237 cm³/mol. The lowest BCUT2D eigenvalue weighted by Gasteiger charge is -2.32. The van der Waals surface area contributed by atoms with Crippen molar-refractivity contribution >= 4 is 0 Å². The standard InChI is InChI=1S/C51H92/c1-7-13-19-25-29-31-33-38-44-49(43-37-32-30-26-20-14-8-2)50(45-39-34-27-21-15-9-3)51(46-40-24-18-12-6,47-41-35-23-17-11-5)48-42-36-28-22-16-10-4/h37-41,43-47H,7-36,42,48H2,1-6H3. The summed E-state index contributed by atoms with van der Waals surface area (Å²) < 4.78 is 0. The van der Waals surface area contributed by atoms with E-state index in [2.05, 4.69) is 102 Å². The second-order valence-electron chi connectivity index (χ2n) is 15.7. The van der Waals surface area contributed by atoms with Gasteiger partial charge in [-0.15, -0.1) is 0 Å². The van der Waals surface area contributed by atoms with E-state index in [1.54, 1.807) is 5.57 Å². The molecule has 0 saturated carbocycles. The number of rotatable bonds is 38. The van der Waals surface area contributed by atoms with E-state index in [1.807, 2.05) is 0 Å². The van der Waals surface area contributed by atoms with Crippen LogP contribution < -0.4 is 0 Å². The molecule has 51 heavy (non-hydrogen) atoms. The molecule has 0 aliphatic heterocycles. The molecule has 0 heteroatoms. The lowest BCUT2D eigenvalue weighted by Crippen LogP contribution is -2.19. The Kier molecular flexibility index (Phi) is 38.4. The molecular weight excluding hydrogens is 613 g/mol. The van der Waals surface area contributed by atoms with Crippen molar-refractivity contribution < 1.29 is 0 Å². The summed E-state index contributed by atoms with van der Waals surface area (Å²) in [6, 6.07) is 0. The summed E-state index contributed by atoms with van der Waals surface area (Å²) in [7, 11) is 0. The summed E-state index contributed by atoms with van der Waals surface area (Å²) in [6.45, 7) is 14.0. The summed E-state index contributed by atoms with van der Waals surface area (Å²) in [6.07, 6.45) is 67.7. The van der Waals surface area contributed by atoms with Crippen molar-refractivity contribution in [3.8, 4) is 0 Å². The Morgan fingerprint density at radius 2 is 0.627 bits per heavy atom. The van der Waals surface area contributed by atoms with Crippen LogP contribution in [0.4, 0.5) is 0 Å². The van der Waals surface area contributed by atoms with E-state index in [0.717, 1.165) is 0 Å². The average molecular weight is 705 g/mol. The Labute approximate surface area is 323 Å². The van der Waals surface area contributed by atoms with Crippen molar-refractivity contribution in [1.29, 1.82) is 0 Å². The van der Waals surface area contributed by atoms with Gasteiger partial charge in [-0.05, 0) is 75.4 Å². The van der Waals surface area contributed by atoms with Gasteiger partial charge < -0.3 is 0 Å². The number of hydrogen-bond acceptors (Lipinski definition) is 0. The zero-order chi connectivity index (χ0) is 37.4. The first kappa shape index (κ1) is 49.4. The third-order valence-corrected chi connectivity index (χ3v) is 10.6. The Bertz CT molecular complexity index is 891. The maximum Gasteiger partial charge on any atom is 0.0317 e. The van der Waals surface area contributed by atoms with Crippen LogP contribution in [0.1, 0.15) is 247 Å². The second-order valence-corrected chi connectivity index (χ2v) is 15.7. The van der Waals surface area contributed by atoms with Crippen molar-refractivity contribution in [1.82, 2.24) is 0 Å². The third-order valence-electron chi connectivity index (χ3n) is 10.6. The molecule has 1 atom stereocenters. The molecule has 0 aromatic carbocycles. The van der Waals surface area contributed by atoms with Gasteiger partial charge in [0.2, 0.25) is 0 Å². The van der Waals surface area contributed by atoms with Crippen LogP contribution in [-0.2, 0) is 0 Å². The Balaban J connectivity index is 7.02. The van der Waals surface area contributed by atoms with Gasteiger partial charge in [0.1, 0.15) is 0 Å². The highest BCUT2D eigenvalue weighted by Crippen LogP contribution is 2.41. The van der Waals surface area contributed by atoms with Gasteiger partial charge in [0, 0.05) is 5.41 Å². The van der Waals surface area contributed by atoms with Gasteiger partial charge in [0.15, 0.2) is 0 Å². The zero-order valence-electron chi connectivity index (χ0n) is 35.9. The van der Waals surface area contributed by atoms with Gasteiger partial charge in [-0.25, -0.2) is 0 Å². The van der Waals surface area contributed by atoms with E-state index < -0.39 is 0 Å². The number of unbranched alkanes of at least 4 members (excludes halogenated alkanes) is 25. The van der Waals surface area contributed by atoms with Gasteiger partial charge in [0.05, 0.1) is 0 Å². The van der Waals surface area contributed by atoms with Gasteiger partial charge >= 0.3 is 0 Å². The van der Waals surface area contributed by atoms with Gasteiger partial charge in [-0.3, -0.25) is 0 Å². The summed E-state index contributed by atoms with van der Waals surface area (Å²) in [5.74, 6) is 0. The first-order valence-electron chi connectivity index (χ1n) is 23.2. The van der Waals surface area contributed by atoms with Crippen LogP contribution in [0.2, 0.25) is 0 Å². The fourth-order valence-electron chi connectivity index (χ4n) is 7.13. The molecule has 0 aliphatic carbocycles. The predicted octanol–water partition coefficient (Wildman–Crippen LogP) is 18.7. The van der Waals surface area contributed by atoms with Crippen molar-refractivity contribution in [2.24, 2.45) is 5.41 Å². The first-order chi connectivity index (χ1) is 25.2. The first-order valence-corrected chi connectivity index (χ1v) is 23.2. The fraction of sp³-hybridized carbons (Fsp3) is 0.765. The molecule has 0 spiro atoms. The molecule has 1 unspecified atom stereocenters. The van der Waals surface area contributed by atoms with E-state index >= 15 is 0 Å². The van der Waals surface area contributed by atoms with Crippen LogP contribution in [0.5, 0.6) is 0 Å². The van der Waals surface area contributed by atoms with E-state index in [9.17, 15) is 0 Å². The highest BCUT2D eigenvalue weighted by atomic mass is 14.3. The molecule has 0 aromatic rings. The quantitative estimate of drug-likeness (QED) is 0.0341. The summed E-state index contributed by atoms with van der Waals surface area (Å²) >= 11 is 0. The van der Waals surface area contributed by atoms with Crippen LogP contribution in [0.3, 0.4) is 0 Å². The molecule has 0 radical (unpaired) electrons. The molecule has 0 N–H and O–H groups in total. The molecule has 0 bridgehead atoms. The highest BCUT2D eigenvalue weighted by Gasteiger charge is 2.28. The molecule has 0 heterocycles. The van der Waals surface area contributed by atoms with Gasteiger partial charge in [-0.1, -0.05) is 244 Å². The largest absolute Gasteiger partial charge is 0.0873 e. The Morgan fingerprint density at radius 1 is 0.314 bits per heavy atom. The number of hydrogen-bond donors (Lipinski definition) is 0. The van der Waals surface area contributed by atoms with Crippen LogP contribution in [0.25, 0.3) is 0 Å². The smallest absolute Gasteiger partial charge is 0.0317 e. The maximum atomic E-state index is 2.67. The third kappa shape index (κ3) is 29.6. The molecular formula is C51H92. The molecule has 0 rings (SSSR count). The molecule has 0 saturated heterocycles. The van der Waals surface area contributed by atoms with E-state index in [1.165, 1.54) is 211 Å². The molecule has 0 fully saturated rings. The van der Waals surface area contributed by atoms with Gasteiger partial charge in [-0.2, -0.15) is 0 Å². The Morgan fingerprint density at radius 3 is 1.10 bits per heavy atom. The van der Waals surface area contributed by atoms with Crippen molar-refractivity contribution in [3.63, 3.8) is 0 Å². The topological polar surface area (TPSA) is 0 Å². The zero-order valence-corrected chi connectivity index (χ0v) is 35.9. The van der Waals surface area contributed by atoms with Crippen molar-refractivity contribution in [2.75, 3.05) is 0 Å². The molecule has 296 valence electrons. The van der Waals surface area contributed by atoms with E-state index in [0.29, 0.717) is 0 Å². The summed E-state index contributed by atoms with van der Waals surface area (Å²) in [5.41, 5.74) is 2.95. The summed E-state index contributed by atoms with van der Waals surface area (Å²) in [5, 5.41) is 0. The molecule has 0 amide bonds.